The zero-order valence-electron chi connectivity index (χ0n) is 14.3. The maximum atomic E-state index is 13.8. The van der Waals surface area contributed by atoms with Crippen LogP contribution in [0, 0.1) is 11.6 Å². The summed E-state index contributed by atoms with van der Waals surface area (Å²) in [5, 5.41) is 13.7. The Morgan fingerprint density at radius 1 is 1.04 bits per heavy atom. The third-order valence-electron chi connectivity index (χ3n) is 4.03. The van der Waals surface area contributed by atoms with Gasteiger partial charge in [-0.15, -0.1) is 0 Å². The van der Waals surface area contributed by atoms with E-state index in [0.717, 1.165) is 22.5 Å². The van der Waals surface area contributed by atoms with Gasteiger partial charge in [-0.2, -0.15) is 20.1 Å². The van der Waals surface area contributed by atoms with Crippen molar-refractivity contribution in [3.05, 3.63) is 59.8 Å². The molecule has 0 bridgehead atoms. The lowest BCUT2D eigenvalue weighted by Crippen LogP contribution is -2.09. The van der Waals surface area contributed by atoms with E-state index in [1.165, 1.54) is 12.1 Å². The minimum Gasteiger partial charge on any atom is -0.357 e. The molecule has 0 saturated carbocycles. The second-order valence-electron chi connectivity index (χ2n) is 5.79. The highest BCUT2D eigenvalue weighted by molar-refractivity contribution is 5.82. The topological polar surface area (TPSA) is 91.4 Å². The number of aromatic amines is 1. The lowest BCUT2D eigenvalue weighted by Gasteiger charge is -2.10. The third kappa shape index (κ3) is 3.39. The van der Waals surface area contributed by atoms with Gasteiger partial charge in [0.05, 0.1) is 11.7 Å². The number of hydrogen-bond acceptors (Lipinski definition) is 6. The standard InChI is InChI=1S/C18H15F2N7/c1-21-17-24-16(10-5-6-11-9-23-27-14(11)7-10)25-18(26-17)22-8-12-3-2-4-13(19)15(12)20/h2-7,9H,8H2,1H3,(H,23,27)(H2,21,22,24,25,26). The lowest BCUT2D eigenvalue weighted by atomic mass is 10.1. The van der Waals surface area contributed by atoms with Gasteiger partial charge in [-0.25, -0.2) is 8.78 Å². The maximum absolute atomic E-state index is 13.8. The van der Waals surface area contributed by atoms with Crippen LogP contribution in [-0.2, 0) is 6.54 Å². The number of H-pyrrole nitrogens is 1. The fourth-order valence-electron chi connectivity index (χ4n) is 2.63. The number of halogens is 2. The Morgan fingerprint density at radius 3 is 2.74 bits per heavy atom. The van der Waals surface area contributed by atoms with Crippen molar-refractivity contribution < 1.29 is 8.78 Å². The zero-order chi connectivity index (χ0) is 18.8. The summed E-state index contributed by atoms with van der Waals surface area (Å²) >= 11 is 0. The van der Waals surface area contributed by atoms with Crippen molar-refractivity contribution in [2.75, 3.05) is 17.7 Å². The first-order valence-corrected chi connectivity index (χ1v) is 8.18. The van der Waals surface area contributed by atoms with E-state index in [0.29, 0.717) is 11.8 Å². The van der Waals surface area contributed by atoms with Gasteiger partial charge in [0.25, 0.3) is 0 Å². The molecule has 0 aliphatic carbocycles. The van der Waals surface area contributed by atoms with Gasteiger partial charge in [0.2, 0.25) is 11.9 Å². The fourth-order valence-corrected chi connectivity index (χ4v) is 2.63. The molecule has 2 aromatic heterocycles. The largest absolute Gasteiger partial charge is 0.357 e. The summed E-state index contributed by atoms with van der Waals surface area (Å²) < 4.78 is 27.2. The monoisotopic (exact) mass is 367 g/mol. The summed E-state index contributed by atoms with van der Waals surface area (Å²) in [6.45, 7) is 0.0375. The van der Waals surface area contributed by atoms with Crippen molar-refractivity contribution in [1.82, 2.24) is 25.1 Å². The van der Waals surface area contributed by atoms with Crippen LogP contribution in [0.3, 0.4) is 0 Å². The normalized spacial score (nSPS) is 10.9. The fraction of sp³-hybridized carbons (Fsp3) is 0.111. The number of anilines is 2. The maximum Gasteiger partial charge on any atom is 0.228 e. The van der Waals surface area contributed by atoms with Gasteiger partial charge in [-0.1, -0.05) is 24.3 Å². The van der Waals surface area contributed by atoms with E-state index in [-0.39, 0.29) is 18.1 Å². The molecule has 0 amide bonds. The van der Waals surface area contributed by atoms with E-state index in [1.54, 1.807) is 13.2 Å². The number of fused-ring (bicyclic) bond motifs is 1. The molecular formula is C18H15F2N7. The van der Waals surface area contributed by atoms with Crippen molar-refractivity contribution in [3.63, 3.8) is 0 Å². The molecule has 4 aromatic rings. The molecule has 0 spiro atoms. The minimum absolute atomic E-state index is 0.0375. The van der Waals surface area contributed by atoms with Crippen molar-refractivity contribution in [1.29, 1.82) is 0 Å². The van der Waals surface area contributed by atoms with Crippen LogP contribution in [0.25, 0.3) is 22.3 Å². The van der Waals surface area contributed by atoms with E-state index in [1.807, 2.05) is 18.2 Å². The molecule has 9 heteroatoms. The van der Waals surface area contributed by atoms with Crippen LogP contribution in [-0.4, -0.2) is 32.2 Å². The first kappa shape index (κ1) is 16.8. The van der Waals surface area contributed by atoms with Gasteiger partial charge in [-0.05, 0) is 12.1 Å². The molecule has 27 heavy (non-hydrogen) atoms. The van der Waals surface area contributed by atoms with Crippen LogP contribution in [0.2, 0.25) is 0 Å². The van der Waals surface area contributed by atoms with Gasteiger partial charge < -0.3 is 10.6 Å². The lowest BCUT2D eigenvalue weighted by molar-refractivity contribution is 0.500. The molecule has 7 nitrogen and oxygen atoms in total. The number of nitrogens with one attached hydrogen (secondary N) is 3. The Morgan fingerprint density at radius 2 is 1.89 bits per heavy atom. The minimum atomic E-state index is -0.894. The van der Waals surface area contributed by atoms with Crippen LogP contribution in [0.5, 0.6) is 0 Å². The van der Waals surface area contributed by atoms with Gasteiger partial charge in [0, 0.05) is 30.1 Å². The predicted molar refractivity (Wildman–Crippen MR) is 98.1 cm³/mol. The summed E-state index contributed by atoms with van der Waals surface area (Å²) in [5.74, 6) is -0.745. The molecule has 4 rings (SSSR count). The first-order valence-electron chi connectivity index (χ1n) is 8.18. The summed E-state index contributed by atoms with van der Waals surface area (Å²) in [4.78, 5) is 13.0. The summed E-state index contributed by atoms with van der Waals surface area (Å²) in [7, 11) is 1.69. The molecule has 0 fully saturated rings. The summed E-state index contributed by atoms with van der Waals surface area (Å²) in [6, 6.07) is 9.69. The second kappa shape index (κ2) is 6.94. The van der Waals surface area contributed by atoms with E-state index < -0.39 is 11.6 Å². The molecule has 2 heterocycles. The summed E-state index contributed by atoms with van der Waals surface area (Å²) in [6.07, 6.45) is 1.73. The SMILES string of the molecule is CNc1nc(NCc2cccc(F)c2F)nc(-c2ccc3cn[nH]c3c2)n1. The highest BCUT2D eigenvalue weighted by Crippen LogP contribution is 2.22. The van der Waals surface area contributed by atoms with Crippen LogP contribution < -0.4 is 10.6 Å². The highest BCUT2D eigenvalue weighted by Gasteiger charge is 2.11. The molecule has 0 aliphatic heterocycles. The molecule has 0 unspecified atom stereocenters. The number of aromatic nitrogens is 5. The van der Waals surface area contributed by atoms with Crippen molar-refractivity contribution in [3.8, 4) is 11.4 Å². The van der Waals surface area contributed by atoms with Gasteiger partial charge >= 0.3 is 0 Å². The molecule has 0 atom stereocenters. The molecule has 0 saturated heterocycles. The van der Waals surface area contributed by atoms with Crippen LogP contribution in [0.15, 0.2) is 42.6 Å². The predicted octanol–water partition coefficient (Wildman–Crippen LogP) is 3.35. The molecule has 3 N–H and O–H groups in total. The average Bonchev–Trinajstić information content (AvgIpc) is 3.16. The van der Waals surface area contributed by atoms with Crippen molar-refractivity contribution in [2.45, 2.75) is 6.54 Å². The second-order valence-corrected chi connectivity index (χ2v) is 5.79. The Balaban J connectivity index is 1.65. The highest BCUT2D eigenvalue weighted by atomic mass is 19.2. The Kier molecular flexibility index (Phi) is 4.33. The third-order valence-corrected chi connectivity index (χ3v) is 4.03. The molecule has 0 aliphatic rings. The van der Waals surface area contributed by atoms with Crippen molar-refractivity contribution >= 4 is 22.8 Å². The van der Waals surface area contributed by atoms with E-state index in [4.69, 9.17) is 0 Å². The Hall–Kier alpha value is -3.62. The van der Waals surface area contributed by atoms with E-state index in [9.17, 15) is 8.78 Å². The number of benzene rings is 2. The van der Waals surface area contributed by atoms with Crippen LogP contribution in [0.1, 0.15) is 5.56 Å². The van der Waals surface area contributed by atoms with Crippen LogP contribution in [0.4, 0.5) is 20.7 Å². The van der Waals surface area contributed by atoms with Gasteiger partial charge in [-0.3, -0.25) is 5.10 Å². The molecular weight excluding hydrogens is 352 g/mol. The van der Waals surface area contributed by atoms with Crippen molar-refractivity contribution in [2.24, 2.45) is 0 Å². The van der Waals surface area contributed by atoms with E-state index >= 15 is 0 Å². The smallest absolute Gasteiger partial charge is 0.228 e. The molecule has 136 valence electrons. The Bertz CT molecular complexity index is 1110. The molecule has 2 aromatic carbocycles. The van der Waals surface area contributed by atoms with E-state index in [2.05, 4.69) is 35.8 Å². The van der Waals surface area contributed by atoms with Gasteiger partial charge in [0.15, 0.2) is 17.5 Å². The number of hydrogen-bond donors (Lipinski definition) is 3. The van der Waals surface area contributed by atoms with Gasteiger partial charge in [0.1, 0.15) is 0 Å². The number of rotatable bonds is 5. The quantitative estimate of drug-likeness (QED) is 0.501. The molecule has 0 radical (unpaired) electrons. The average molecular weight is 367 g/mol. The summed E-state index contributed by atoms with van der Waals surface area (Å²) in [5.41, 5.74) is 1.81. The first-order chi connectivity index (χ1) is 13.1. The van der Waals surface area contributed by atoms with Crippen LogP contribution >= 0.6 is 0 Å². The number of nitrogens with zero attached hydrogens (tertiary/aromatic N) is 4. The zero-order valence-corrected chi connectivity index (χ0v) is 14.3. The Labute approximate surface area is 152 Å².